The first-order chi connectivity index (χ1) is 11.7. The highest BCUT2D eigenvalue weighted by atomic mass is 32.1. The summed E-state index contributed by atoms with van der Waals surface area (Å²) in [5.41, 5.74) is 3.58. The van der Waals surface area contributed by atoms with Crippen LogP contribution in [0.3, 0.4) is 0 Å². The van der Waals surface area contributed by atoms with Crippen molar-refractivity contribution in [2.45, 2.75) is 12.8 Å². The van der Waals surface area contributed by atoms with Crippen molar-refractivity contribution in [2.24, 2.45) is 0 Å². The molecule has 122 valence electrons. The van der Waals surface area contributed by atoms with Crippen LogP contribution in [0.2, 0.25) is 0 Å². The molecule has 1 N–H and O–H groups in total. The lowest BCUT2D eigenvalue weighted by Gasteiger charge is -2.31. The highest BCUT2D eigenvalue weighted by molar-refractivity contribution is 7.00. The molecule has 0 fully saturated rings. The van der Waals surface area contributed by atoms with Gasteiger partial charge in [0.25, 0.3) is 0 Å². The van der Waals surface area contributed by atoms with Gasteiger partial charge in [-0.05, 0) is 36.6 Å². The maximum atomic E-state index is 14.2. The van der Waals surface area contributed by atoms with Crippen molar-refractivity contribution in [3.63, 3.8) is 0 Å². The number of amides is 1. The molecule has 1 amide bonds. The van der Waals surface area contributed by atoms with E-state index in [1.807, 2.05) is 23.1 Å². The fourth-order valence-corrected chi connectivity index (χ4v) is 3.67. The standard InChI is InChI=1S/C17H15FN4OS/c18-12-6-1-4-11-5-3-9-22(17(11)12)10-15(23)19-13-7-2-8-14-16(13)21-24-20-14/h1-2,4,6-8H,3,5,9-10H2,(H,19,23). The number of anilines is 2. The van der Waals surface area contributed by atoms with Gasteiger partial charge in [0, 0.05) is 6.54 Å². The van der Waals surface area contributed by atoms with Gasteiger partial charge in [-0.15, -0.1) is 0 Å². The third kappa shape index (κ3) is 2.71. The number of aryl methyl sites for hydroxylation is 1. The lowest BCUT2D eigenvalue weighted by atomic mass is 10.0. The second-order valence-corrected chi connectivity index (χ2v) is 6.29. The van der Waals surface area contributed by atoms with Crippen LogP contribution in [0.5, 0.6) is 0 Å². The summed E-state index contributed by atoms with van der Waals surface area (Å²) in [5, 5.41) is 2.87. The zero-order valence-corrected chi connectivity index (χ0v) is 13.6. The van der Waals surface area contributed by atoms with E-state index in [-0.39, 0.29) is 18.3 Å². The van der Waals surface area contributed by atoms with Gasteiger partial charge in [-0.2, -0.15) is 8.75 Å². The van der Waals surface area contributed by atoms with Gasteiger partial charge in [0.1, 0.15) is 16.9 Å². The topological polar surface area (TPSA) is 58.1 Å². The molecule has 1 aromatic heterocycles. The number of aromatic nitrogens is 2. The third-order valence-electron chi connectivity index (χ3n) is 4.16. The molecule has 0 saturated carbocycles. The highest BCUT2D eigenvalue weighted by Gasteiger charge is 2.22. The number of nitrogens with zero attached hydrogens (tertiary/aromatic N) is 3. The second kappa shape index (κ2) is 6.16. The molecule has 24 heavy (non-hydrogen) atoms. The van der Waals surface area contributed by atoms with E-state index in [9.17, 15) is 9.18 Å². The Morgan fingerprint density at radius 1 is 1.25 bits per heavy atom. The van der Waals surface area contributed by atoms with Crippen molar-refractivity contribution in [3.8, 4) is 0 Å². The first-order valence-corrected chi connectivity index (χ1v) is 8.49. The van der Waals surface area contributed by atoms with Crippen LogP contribution in [-0.2, 0) is 11.2 Å². The molecule has 4 rings (SSSR count). The molecular formula is C17H15FN4OS. The van der Waals surface area contributed by atoms with Gasteiger partial charge in [0.05, 0.1) is 29.6 Å². The van der Waals surface area contributed by atoms with Crippen LogP contribution in [0.25, 0.3) is 11.0 Å². The van der Waals surface area contributed by atoms with E-state index in [1.165, 1.54) is 6.07 Å². The van der Waals surface area contributed by atoms with Crippen LogP contribution in [0.1, 0.15) is 12.0 Å². The summed E-state index contributed by atoms with van der Waals surface area (Å²) < 4.78 is 22.5. The van der Waals surface area contributed by atoms with Gasteiger partial charge in [-0.3, -0.25) is 4.79 Å². The van der Waals surface area contributed by atoms with Gasteiger partial charge in [0.2, 0.25) is 5.91 Å². The summed E-state index contributed by atoms with van der Waals surface area (Å²) in [6.07, 6.45) is 1.75. The maximum Gasteiger partial charge on any atom is 0.243 e. The third-order valence-corrected chi connectivity index (χ3v) is 4.70. The smallest absolute Gasteiger partial charge is 0.243 e. The number of para-hydroxylation sites is 1. The van der Waals surface area contributed by atoms with E-state index in [4.69, 9.17) is 0 Å². The molecule has 0 atom stereocenters. The largest absolute Gasteiger partial charge is 0.360 e. The summed E-state index contributed by atoms with van der Waals surface area (Å²) in [5.74, 6) is -0.461. The van der Waals surface area contributed by atoms with Gasteiger partial charge in [-0.1, -0.05) is 18.2 Å². The predicted octanol–water partition coefficient (Wildman–Crippen LogP) is 3.22. The summed E-state index contributed by atoms with van der Waals surface area (Å²) in [4.78, 5) is 14.3. The van der Waals surface area contributed by atoms with Crippen molar-refractivity contribution in [1.29, 1.82) is 0 Å². The number of benzene rings is 2. The van der Waals surface area contributed by atoms with Crippen molar-refractivity contribution < 1.29 is 9.18 Å². The summed E-state index contributed by atoms with van der Waals surface area (Å²) >= 11 is 1.11. The second-order valence-electron chi connectivity index (χ2n) is 5.76. The fourth-order valence-electron chi connectivity index (χ4n) is 3.12. The molecule has 0 saturated heterocycles. The minimum atomic E-state index is -0.272. The number of nitrogens with one attached hydrogen (secondary N) is 1. The minimum absolute atomic E-state index is 0.113. The molecule has 0 aliphatic carbocycles. The SMILES string of the molecule is O=C(CN1CCCc2cccc(F)c21)Nc1cccc2nsnc12. The van der Waals surface area contributed by atoms with Crippen LogP contribution in [0, 0.1) is 5.82 Å². The van der Waals surface area contributed by atoms with Crippen molar-refractivity contribution in [1.82, 2.24) is 8.75 Å². The zero-order chi connectivity index (χ0) is 16.5. The van der Waals surface area contributed by atoms with Crippen molar-refractivity contribution >= 4 is 40.0 Å². The first kappa shape index (κ1) is 15.0. The monoisotopic (exact) mass is 342 g/mol. The van der Waals surface area contributed by atoms with E-state index in [1.54, 1.807) is 12.1 Å². The van der Waals surface area contributed by atoms with E-state index in [2.05, 4.69) is 14.1 Å². The molecule has 0 radical (unpaired) electrons. The Balaban J connectivity index is 1.55. The molecule has 0 unspecified atom stereocenters. The van der Waals surface area contributed by atoms with Gasteiger partial charge >= 0.3 is 0 Å². The molecular weight excluding hydrogens is 327 g/mol. The highest BCUT2D eigenvalue weighted by Crippen LogP contribution is 2.30. The van der Waals surface area contributed by atoms with E-state index < -0.39 is 0 Å². The minimum Gasteiger partial charge on any atom is -0.360 e. The van der Waals surface area contributed by atoms with Gasteiger partial charge < -0.3 is 10.2 Å². The molecule has 5 nitrogen and oxygen atoms in total. The molecule has 3 aromatic rings. The number of fused-ring (bicyclic) bond motifs is 2. The van der Waals surface area contributed by atoms with Crippen LogP contribution in [0.15, 0.2) is 36.4 Å². The first-order valence-electron chi connectivity index (χ1n) is 7.76. The lowest BCUT2D eigenvalue weighted by molar-refractivity contribution is -0.115. The number of hydrogen-bond donors (Lipinski definition) is 1. The summed E-state index contributed by atoms with van der Waals surface area (Å²) in [6, 6.07) is 10.6. The molecule has 1 aliphatic rings. The average molecular weight is 342 g/mol. The Labute approximate surface area is 142 Å². The molecule has 7 heteroatoms. The quantitative estimate of drug-likeness (QED) is 0.794. The number of rotatable bonds is 3. The number of carbonyl (C=O) groups excluding carboxylic acids is 1. The normalized spacial score (nSPS) is 13.8. The van der Waals surface area contributed by atoms with E-state index >= 15 is 0 Å². The van der Waals surface area contributed by atoms with Gasteiger partial charge in [-0.25, -0.2) is 4.39 Å². The number of halogens is 1. The van der Waals surface area contributed by atoms with E-state index in [0.29, 0.717) is 23.4 Å². The Morgan fingerprint density at radius 3 is 3.04 bits per heavy atom. The molecule has 2 aromatic carbocycles. The van der Waals surface area contributed by atoms with Crippen LogP contribution in [-0.4, -0.2) is 27.7 Å². The van der Waals surface area contributed by atoms with E-state index in [0.717, 1.165) is 35.6 Å². The number of hydrogen-bond acceptors (Lipinski definition) is 5. The summed E-state index contributed by atoms with van der Waals surface area (Å²) in [6.45, 7) is 0.783. The average Bonchev–Trinajstić information content (AvgIpc) is 3.05. The maximum absolute atomic E-state index is 14.2. The Morgan fingerprint density at radius 2 is 2.12 bits per heavy atom. The predicted molar refractivity (Wildman–Crippen MR) is 93.0 cm³/mol. The molecule has 2 heterocycles. The van der Waals surface area contributed by atoms with Crippen LogP contribution in [0.4, 0.5) is 15.8 Å². The van der Waals surface area contributed by atoms with Crippen LogP contribution < -0.4 is 10.2 Å². The Kier molecular flexibility index (Phi) is 3.86. The Hall–Kier alpha value is -2.54. The molecule has 1 aliphatic heterocycles. The van der Waals surface area contributed by atoms with Gasteiger partial charge in [0.15, 0.2) is 0 Å². The van der Waals surface area contributed by atoms with Crippen molar-refractivity contribution in [3.05, 3.63) is 47.8 Å². The summed E-state index contributed by atoms with van der Waals surface area (Å²) in [7, 11) is 0. The fraction of sp³-hybridized carbons (Fsp3) is 0.235. The molecule has 0 bridgehead atoms. The Bertz CT molecular complexity index is 910. The number of carbonyl (C=O) groups is 1. The molecule has 0 spiro atoms. The van der Waals surface area contributed by atoms with Crippen LogP contribution >= 0.6 is 11.7 Å². The van der Waals surface area contributed by atoms with Crippen molar-refractivity contribution in [2.75, 3.05) is 23.3 Å². The zero-order valence-electron chi connectivity index (χ0n) is 12.8. The lowest BCUT2D eigenvalue weighted by Crippen LogP contribution is -2.37.